The molecule has 2 heterocycles. The van der Waals surface area contributed by atoms with E-state index in [4.69, 9.17) is 4.74 Å². The number of nitrogens with one attached hydrogen (secondary N) is 1. The van der Waals surface area contributed by atoms with Gasteiger partial charge in [0, 0.05) is 31.4 Å². The molecular weight excluding hydrogens is 346 g/mol. The van der Waals surface area contributed by atoms with Gasteiger partial charge in [-0.25, -0.2) is 9.79 Å². The fourth-order valence-electron chi connectivity index (χ4n) is 3.11. The van der Waals surface area contributed by atoms with E-state index in [1.807, 2.05) is 30.3 Å². The first kappa shape index (κ1) is 18.8. The van der Waals surface area contributed by atoms with E-state index in [-0.39, 0.29) is 30.9 Å². The molecule has 1 saturated heterocycles. The van der Waals surface area contributed by atoms with Gasteiger partial charge < -0.3 is 15.0 Å². The first-order valence-electron chi connectivity index (χ1n) is 9.11. The molecule has 1 fully saturated rings. The minimum Gasteiger partial charge on any atom is -0.445 e. The molecule has 27 heavy (non-hydrogen) atoms. The van der Waals surface area contributed by atoms with Gasteiger partial charge in [-0.2, -0.15) is 0 Å². The topological polar surface area (TPSA) is 88.1 Å². The maximum atomic E-state index is 12.2. The van der Waals surface area contributed by atoms with E-state index in [1.165, 1.54) is 6.21 Å². The normalized spacial score (nSPS) is 17.4. The average Bonchev–Trinajstić information content (AvgIpc) is 2.71. The summed E-state index contributed by atoms with van der Waals surface area (Å²) in [7, 11) is 0. The molecule has 0 bridgehead atoms. The van der Waals surface area contributed by atoms with Crippen LogP contribution >= 0.6 is 0 Å². The first-order chi connectivity index (χ1) is 13.1. The maximum Gasteiger partial charge on any atom is 0.410 e. The van der Waals surface area contributed by atoms with E-state index in [9.17, 15) is 14.4 Å². The predicted octanol–water partition coefficient (Wildman–Crippen LogP) is 2.08. The lowest BCUT2D eigenvalue weighted by molar-refractivity contribution is -0.121. The maximum absolute atomic E-state index is 12.2. The lowest BCUT2D eigenvalue weighted by atomic mass is 9.97. The highest BCUT2D eigenvalue weighted by Gasteiger charge is 2.24. The Kier molecular flexibility index (Phi) is 6.35. The molecule has 0 aromatic heterocycles. The number of dihydropyridines is 1. The molecule has 2 aliphatic rings. The van der Waals surface area contributed by atoms with Crippen LogP contribution in [0.3, 0.4) is 0 Å². The average molecular weight is 369 g/mol. The Balaban J connectivity index is 1.36. The number of rotatable bonds is 5. The molecule has 0 radical (unpaired) electrons. The Hall–Kier alpha value is -2.96. The quantitative estimate of drug-likeness (QED) is 0.861. The highest BCUT2D eigenvalue weighted by molar-refractivity contribution is 6.06. The zero-order valence-corrected chi connectivity index (χ0v) is 15.1. The van der Waals surface area contributed by atoms with E-state index < -0.39 is 0 Å². The van der Waals surface area contributed by atoms with Crippen molar-refractivity contribution in [1.29, 1.82) is 0 Å². The molecule has 1 aromatic rings. The van der Waals surface area contributed by atoms with Crippen molar-refractivity contribution in [3.63, 3.8) is 0 Å². The van der Waals surface area contributed by atoms with Gasteiger partial charge in [-0.3, -0.25) is 9.59 Å². The molecule has 142 valence electrons. The summed E-state index contributed by atoms with van der Waals surface area (Å²) in [5, 5.41) is 2.88. The van der Waals surface area contributed by atoms with Crippen LogP contribution in [0.4, 0.5) is 4.79 Å². The molecule has 2 aliphatic heterocycles. The Bertz CT molecular complexity index is 750. The van der Waals surface area contributed by atoms with Gasteiger partial charge in [0.05, 0.1) is 6.42 Å². The lowest BCUT2D eigenvalue weighted by Crippen LogP contribution is -2.42. The zero-order chi connectivity index (χ0) is 19.1. The molecule has 1 aromatic carbocycles. The molecule has 7 heteroatoms. The molecule has 0 spiro atoms. The van der Waals surface area contributed by atoms with Crippen molar-refractivity contribution in [2.75, 3.05) is 19.6 Å². The number of ether oxygens (including phenoxy) is 1. The standard InChI is InChI=1S/C20H23N3O4/c24-18-12-17(6-9-21-18)19(25)22-13-15-7-10-23(11-8-15)20(26)27-14-16-4-2-1-3-5-16/h1-6,9,15H,7-8,10-14H2,(H,22,25). The second kappa shape index (κ2) is 9.12. The molecule has 0 unspecified atom stereocenters. The summed E-state index contributed by atoms with van der Waals surface area (Å²) < 4.78 is 5.36. The molecule has 0 aliphatic carbocycles. The number of carbonyl (C=O) groups excluding carboxylic acids is 3. The van der Waals surface area contributed by atoms with Crippen LogP contribution in [0.2, 0.25) is 0 Å². The largest absolute Gasteiger partial charge is 0.445 e. The van der Waals surface area contributed by atoms with Gasteiger partial charge in [-0.1, -0.05) is 30.3 Å². The van der Waals surface area contributed by atoms with Gasteiger partial charge in [-0.05, 0) is 30.4 Å². The smallest absolute Gasteiger partial charge is 0.410 e. The highest BCUT2D eigenvalue weighted by atomic mass is 16.6. The Morgan fingerprint density at radius 2 is 1.93 bits per heavy atom. The summed E-state index contributed by atoms with van der Waals surface area (Å²) in [4.78, 5) is 40.8. The number of hydrogen-bond acceptors (Lipinski definition) is 4. The summed E-state index contributed by atoms with van der Waals surface area (Å²) in [5.41, 5.74) is 1.40. The number of carbonyl (C=O) groups is 3. The van der Waals surface area contributed by atoms with Crippen molar-refractivity contribution in [2.24, 2.45) is 10.9 Å². The van der Waals surface area contributed by atoms with Crippen molar-refractivity contribution >= 4 is 24.1 Å². The van der Waals surface area contributed by atoms with Crippen molar-refractivity contribution in [2.45, 2.75) is 25.9 Å². The minimum absolute atomic E-state index is 0.0496. The third-order valence-corrected chi connectivity index (χ3v) is 4.76. The Morgan fingerprint density at radius 1 is 1.19 bits per heavy atom. The number of amides is 3. The van der Waals surface area contributed by atoms with Crippen LogP contribution < -0.4 is 5.32 Å². The van der Waals surface area contributed by atoms with Crippen molar-refractivity contribution in [3.05, 3.63) is 47.5 Å². The molecular formula is C20H23N3O4. The Labute approximate surface area is 158 Å². The monoisotopic (exact) mass is 369 g/mol. The van der Waals surface area contributed by atoms with Crippen molar-refractivity contribution in [3.8, 4) is 0 Å². The van der Waals surface area contributed by atoms with Crippen LogP contribution in [0, 0.1) is 5.92 Å². The van der Waals surface area contributed by atoms with E-state index in [1.54, 1.807) is 11.0 Å². The number of benzene rings is 1. The van der Waals surface area contributed by atoms with Crippen molar-refractivity contribution < 1.29 is 19.1 Å². The predicted molar refractivity (Wildman–Crippen MR) is 100 cm³/mol. The van der Waals surface area contributed by atoms with Gasteiger partial charge in [0.2, 0.25) is 11.8 Å². The number of hydrogen-bond donors (Lipinski definition) is 1. The van der Waals surface area contributed by atoms with Gasteiger partial charge in [-0.15, -0.1) is 0 Å². The number of piperidine rings is 1. The number of likely N-dealkylation sites (tertiary alicyclic amines) is 1. The molecule has 3 amide bonds. The van der Waals surface area contributed by atoms with Crippen LogP contribution in [0.15, 0.2) is 47.0 Å². The van der Waals surface area contributed by atoms with Crippen LogP contribution in [0.1, 0.15) is 24.8 Å². The lowest BCUT2D eigenvalue weighted by Gasteiger charge is -2.31. The molecule has 3 rings (SSSR count). The molecule has 0 saturated carbocycles. The van der Waals surface area contributed by atoms with E-state index in [2.05, 4.69) is 10.3 Å². The summed E-state index contributed by atoms with van der Waals surface area (Å²) >= 11 is 0. The first-order valence-corrected chi connectivity index (χ1v) is 9.11. The molecule has 0 atom stereocenters. The zero-order valence-electron chi connectivity index (χ0n) is 15.1. The number of allylic oxidation sites excluding steroid dienone is 1. The molecule has 1 N–H and O–H groups in total. The van der Waals surface area contributed by atoms with E-state index in [0.29, 0.717) is 31.1 Å². The number of nitrogens with zero attached hydrogens (tertiary/aromatic N) is 2. The summed E-state index contributed by atoms with van der Waals surface area (Å²) in [6.07, 6.45) is 4.29. The number of aliphatic imine (C=N–C) groups is 1. The summed E-state index contributed by atoms with van der Waals surface area (Å²) in [6.45, 7) is 2.03. The van der Waals surface area contributed by atoms with Crippen LogP contribution in [-0.4, -0.2) is 48.7 Å². The van der Waals surface area contributed by atoms with E-state index >= 15 is 0 Å². The van der Waals surface area contributed by atoms with Gasteiger partial charge in [0.15, 0.2) is 0 Å². The molecule has 7 nitrogen and oxygen atoms in total. The second-order valence-corrected chi connectivity index (χ2v) is 6.72. The third kappa shape index (κ3) is 5.51. The van der Waals surface area contributed by atoms with Crippen LogP contribution in [0.5, 0.6) is 0 Å². The van der Waals surface area contributed by atoms with Gasteiger partial charge in [0.25, 0.3) is 0 Å². The van der Waals surface area contributed by atoms with Crippen LogP contribution in [0.25, 0.3) is 0 Å². The fourth-order valence-corrected chi connectivity index (χ4v) is 3.11. The van der Waals surface area contributed by atoms with Crippen LogP contribution in [-0.2, 0) is 20.9 Å². The summed E-state index contributed by atoms with van der Waals surface area (Å²) in [6, 6.07) is 9.59. The second-order valence-electron chi connectivity index (χ2n) is 6.72. The highest BCUT2D eigenvalue weighted by Crippen LogP contribution is 2.18. The van der Waals surface area contributed by atoms with E-state index in [0.717, 1.165) is 18.4 Å². The summed E-state index contributed by atoms with van der Waals surface area (Å²) in [5.74, 6) is -0.218. The van der Waals surface area contributed by atoms with Gasteiger partial charge in [0.1, 0.15) is 6.61 Å². The minimum atomic E-state index is -0.301. The Morgan fingerprint density at radius 3 is 2.63 bits per heavy atom. The third-order valence-electron chi connectivity index (χ3n) is 4.76. The SMILES string of the molecule is O=C1CC(C(=O)NCC2CCN(C(=O)OCc3ccccc3)CC2)=CC=N1. The van der Waals surface area contributed by atoms with Crippen molar-refractivity contribution in [1.82, 2.24) is 10.2 Å². The van der Waals surface area contributed by atoms with Gasteiger partial charge >= 0.3 is 6.09 Å². The fraction of sp³-hybridized carbons (Fsp3) is 0.400.